The van der Waals surface area contributed by atoms with E-state index >= 15 is 0 Å². The van der Waals surface area contributed by atoms with Gasteiger partial charge >= 0.3 is 0 Å². The normalized spacial score (nSPS) is 15.8. The van der Waals surface area contributed by atoms with Gasteiger partial charge in [-0.25, -0.2) is 4.39 Å². The van der Waals surface area contributed by atoms with Gasteiger partial charge in [0.25, 0.3) is 0 Å². The summed E-state index contributed by atoms with van der Waals surface area (Å²) in [5.41, 5.74) is -0.673. The van der Waals surface area contributed by atoms with Crippen molar-refractivity contribution in [1.29, 1.82) is 0 Å². The number of rotatable bonds is 2. The Kier molecular flexibility index (Phi) is 2.98. The first-order valence-corrected chi connectivity index (χ1v) is 5.03. The average Bonchev–Trinajstić information content (AvgIpc) is 2.16. The highest BCUT2D eigenvalue weighted by atomic mass is 19.1. The average molecular weight is 208 g/mol. The maximum Gasteiger partial charge on any atom is 0.150 e. The molecular weight excluding hydrogens is 191 g/mol. The number of alkyl halides is 1. The molecule has 0 aromatic heterocycles. The number of benzene rings is 1. The predicted molar refractivity (Wildman–Crippen MR) is 59.7 cm³/mol. The van der Waals surface area contributed by atoms with Gasteiger partial charge in [-0.15, -0.1) is 0 Å². The van der Waals surface area contributed by atoms with Gasteiger partial charge in [0, 0.05) is 5.56 Å². The van der Waals surface area contributed by atoms with Gasteiger partial charge < -0.3 is 0 Å². The van der Waals surface area contributed by atoms with E-state index in [1.807, 2.05) is 20.8 Å². The van der Waals surface area contributed by atoms with Crippen LogP contribution < -0.4 is 0 Å². The number of hydrogen-bond donors (Lipinski definition) is 0. The zero-order chi connectivity index (χ0) is 11.7. The highest BCUT2D eigenvalue weighted by Gasteiger charge is 2.39. The van der Waals surface area contributed by atoms with Crippen LogP contribution in [0.3, 0.4) is 0 Å². The molecule has 1 aromatic carbocycles. The van der Waals surface area contributed by atoms with Crippen LogP contribution in [0.15, 0.2) is 24.3 Å². The third-order valence-corrected chi connectivity index (χ3v) is 3.00. The third kappa shape index (κ3) is 2.25. The fourth-order valence-electron chi connectivity index (χ4n) is 1.31. The summed E-state index contributed by atoms with van der Waals surface area (Å²) in [6.45, 7) is 7.16. The highest BCUT2D eigenvalue weighted by molar-refractivity contribution is 5.74. The van der Waals surface area contributed by atoms with Crippen molar-refractivity contribution in [2.45, 2.75) is 33.4 Å². The topological polar surface area (TPSA) is 17.1 Å². The summed E-state index contributed by atoms with van der Waals surface area (Å²) < 4.78 is 14.5. The Hall–Kier alpha value is -1.18. The summed E-state index contributed by atoms with van der Waals surface area (Å²) in [6.07, 6.45) is 0.760. The van der Waals surface area contributed by atoms with Crippen molar-refractivity contribution in [3.63, 3.8) is 0 Å². The molecule has 82 valence electrons. The molecule has 0 aliphatic heterocycles. The van der Waals surface area contributed by atoms with Crippen molar-refractivity contribution in [3.8, 4) is 0 Å². The summed E-state index contributed by atoms with van der Waals surface area (Å²) >= 11 is 0. The predicted octanol–water partition coefficient (Wildman–Crippen LogP) is 3.73. The summed E-state index contributed by atoms with van der Waals surface area (Å²) in [4.78, 5) is 10.5. The van der Waals surface area contributed by atoms with Gasteiger partial charge in [0.05, 0.1) is 0 Å². The molecular formula is C13H17FO. The zero-order valence-electron chi connectivity index (χ0n) is 9.67. The van der Waals surface area contributed by atoms with E-state index in [9.17, 15) is 9.18 Å². The van der Waals surface area contributed by atoms with Gasteiger partial charge in [-0.2, -0.15) is 0 Å². The fourth-order valence-corrected chi connectivity index (χ4v) is 1.31. The lowest BCUT2D eigenvalue weighted by Gasteiger charge is -2.35. The van der Waals surface area contributed by atoms with E-state index in [0.29, 0.717) is 11.1 Å². The van der Waals surface area contributed by atoms with Crippen molar-refractivity contribution in [2.24, 2.45) is 5.41 Å². The van der Waals surface area contributed by atoms with Crippen molar-refractivity contribution >= 4 is 6.29 Å². The Morgan fingerprint density at radius 1 is 1.07 bits per heavy atom. The molecule has 1 nitrogen and oxygen atoms in total. The second kappa shape index (κ2) is 3.76. The zero-order valence-corrected chi connectivity index (χ0v) is 9.67. The van der Waals surface area contributed by atoms with Crippen LogP contribution in [0.4, 0.5) is 4.39 Å². The highest BCUT2D eigenvalue weighted by Crippen LogP contribution is 2.42. The van der Waals surface area contributed by atoms with Gasteiger partial charge in [0.1, 0.15) is 12.0 Å². The van der Waals surface area contributed by atoms with Crippen LogP contribution >= 0.6 is 0 Å². The molecule has 1 aromatic rings. The van der Waals surface area contributed by atoms with Crippen molar-refractivity contribution in [3.05, 3.63) is 35.4 Å². The lowest BCUT2D eigenvalue weighted by molar-refractivity contribution is 0.0452. The van der Waals surface area contributed by atoms with Crippen molar-refractivity contribution in [1.82, 2.24) is 0 Å². The Morgan fingerprint density at radius 2 is 1.53 bits per heavy atom. The summed E-state index contributed by atoms with van der Waals surface area (Å²) in [5.74, 6) is 0. The molecule has 0 N–H and O–H groups in total. The molecule has 15 heavy (non-hydrogen) atoms. The van der Waals surface area contributed by atoms with E-state index in [0.717, 1.165) is 6.29 Å². The minimum absolute atomic E-state index is 0.463. The second-order valence-electron chi connectivity index (χ2n) is 4.99. The van der Waals surface area contributed by atoms with Crippen LogP contribution in [0.2, 0.25) is 0 Å². The van der Waals surface area contributed by atoms with Crippen molar-refractivity contribution in [2.75, 3.05) is 0 Å². The van der Waals surface area contributed by atoms with Crippen LogP contribution in [-0.2, 0) is 5.67 Å². The van der Waals surface area contributed by atoms with Gasteiger partial charge in [0.15, 0.2) is 0 Å². The molecule has 2 heteroatoms. The number of halogens is 1. The lowest BCUT2D eigenvalue weighted by atomic mass is 9.75. The molecule has 0 bridgehead atoms. The molecule has 0 aliphatic carbocycles. The molecule has 1 rings (SSSR count). The number of carbonyl (C=O) groups is 1. The molecule has 0 saturated carbocycles. The van der Waals surface area contributed by atoms with Crippen LogP contribution in [0.5, 0.6) is 0 Å². The first-order valence-electron chi connectivity index (χ1n) is 5.03. The van der Waals surface area contributed by atoms with Gasteiger partial charge in [-0.3, -0.25) is 4.79 Å². The molecule has 0 radical (unpaired) electrons. The Labute approximate surface area is 90.3 Å². The maximum atomic E-state index is 14.5. The van der Waals surface area contributed by atoms with Gasteiger partial charge in [0.2, 0.25) is 0 Å². The summed E-state index contributed by atoms with van der Waals surface area (Å²) in [7, 11) is 0. The third-order valence-electron chi connectivity index (χ3n) is 3.00. The van der Waals surface area contributed by atoms with E-state index in [2.05, 4.69) is 0 Å². The number of aldehydes is 1. The minimum Gasteiger partial charge on any atom is -0.298 e. The first-order chi connectivity index (χ1) is 6.79. The first kappa shape index (κ1) is 11.9. The Bertz CT molecular complexity index is 344. The lowest BCUT2D eigenvalue weighted by Crippen LogP contribution is -2.32. The smallest absolute Gasteiger partial charge is 0.150 e. The van der Waals surface area contributed by atoms with Gasteiger partial charge in [-0.1, -0.05) is 45.0 Å². The molecule has 0 spiro atoms. The van der Waals surface area contributed by atoms with E-state index in [-0.39, 0.29) is 0 Å². The largest absolute Gasteiger partial charge is 0.298 e. The quantitative estimate of drug-likeness (QED) is 0.677. The van der Waals surface area contributed by atoms with Crippen LogP contribution in [-0.4, -0.2) is 6.29 Å². The van der Waals surface area contributed by atoms with Crippen LogP contribution in [0.25, 0.3) is 0 Å². The standard InChI is InChI=1S/C13H17FO/c1-12(2,3)13(4,14)11-7-5-10(9-15)6-8-11/h5-9H,1-4H3. The molecule has 0 heterocycles. The molecule has 0 fully saturated rings. The summed E-state index contributed by atoms with van der Waals surface area (Å²) in [5, 5.41) is 0. The summed E-state index contributed by atoms with van der Waals surface area (Å²) in [6, 6.07) is 6.64. The van der Waals surface area contributed by atoms with E-state index in [4.69, 9.17) is 0 Å². The molecule has 0 aliphatic rings. The number of hydrogen-bond acceptors (Lipinski definition) is 1. The Morgan fingerprint density at radius 3 is 1.87 bits per heavy atom. The number of carbonyl (C=O) groups excluding carboxylic acids is 1. The Balaban J connectivity index is 3.11. The maximum absolute atomic E-state index is 14.5. The second-order valence-corrected chi connectivity index (χ2v) is 4.99. The molecule has 1 atom stereocenters. The molecule has 0 saturated heterocycles. The SMILES string of the molecule is CC(C)(C)C(C)(F)c1ccc(C=O)cc1. The van der Waals surface area contributed by atoms with Gasteiger partial charge in [-0.05, 0) is 17.9 Å². The van der Waals surface area contributed by atoms with E-state index in [1.54, 1.807) is 31.2 Å². The van der Waals surface area contributed by atoms with Crippen molar-refractivity contribution < 1.29 is 9.18 Å². The van der Waals surface area contributed by atoms with Crippen LogP contribution in [0.1, 0.15) is 43.6 Å². The fraction of sp³-hybridized carbons (Fsp3) is 0.462. The molecule has 0 amide bonds. The minimum atomic E-state index is -1.39. The monoisotopic (exact) mass is 208 g/mol. The van der Waals surface area contributed by atoms with Crippen LogP contribution in [0, 0.1) is 5.41 Å². The van der Waals surface area contributed by atoms with E-state index < -0.39 is 11.1 Å². The molecule has 1 unspecified atom stereocenters. The van der Waals surface area contributed by atoms with E-state index in [1.165, 1.54) is 0 Å².